The summed E-state index contributed by atoms with van der Waals surface area (Å²) in [5.41, 5.74) is 17.2. The molecule has 0 nitrogen and oxygen atoms in total. The number of hydrogen-bond acceptors (Lipinski definition) is 0. The van der Waals surface area contributed by atoms with Crippen molar-refractivity contribution in [2.24, 2.45) is 0 Å². The van der Waals surface area contributed by atoms with Crippen molar-refractivity contribution in [2.75, 3.05) is 0 Å². The second kappa shape index (κ2) is 6.56. The summed E-state index contributed by atoms with van der Waals surface area (Å²) in [6.07, 6.45) is 1.04. The molecule has 0 amide bonds. The van der Waals surface area contributed by atoms with Crippen molar-refractivity contribution in [3.63, 3.8) is 0 Å². The van der Waals surface area contributed by atoms with Gasteiger partial charge in [-0.05, 0) is 88.9 Å². The van der Waals surface area contributed by atoms with Crippen LogP contribution in [0.25, 0.3) is 27.8 Å². The summed E-state index contributed by atoms with van der Waals surface area (Å²) in [6, 6.07) is 28.1. The lowest BCUT2D eigenvalue weighted by Gasteiger charge is -2.31. The van der Waals surface area contributed by atoms with Crippen molar-refractivity contribution in [1.29, 1.82) is 0 Å². The van der Waals surface area contributed by atoms with Crippen LogP contribution in [0.4, 0.5) is 0 Å². The molecule has 4 aromatic carbocycles. The van der Waals surface area contributed by atoms with Gasteiger partial charge in [0.1, 0.15) is 0 Å². The van der Waals surface area contributed by atoms with Crippen LogP contribution in [0.3, 0.4) is 0 Å². The fraction of sp³-hybridized carbons (Fsp3) is 0.188. The molecule has 1 unspecified atom stereocenters. The third-order valence-corrected chi connectivity index (χ3v) is 7.55. The largest absolute Gasteiger partial charge is 0.0955 e. The lowest BCUT2D eigenvalue weighted by atomic mass is 9.69. The van der Waals surface area contributed by atoms with Crippen LogP contribution in [-0.4, -0.2) is 0 Å². The maximum Gasteiger partial charge on any atom is 0.0726 e. The molecule has 0 aliphatic heterocycles. The molecule has 1 spiro atoms. The van der Waals surface area contributed by atoms with E-state index >= 15 is 0 Å². The highest BCUT2D eigenvalue weighted by atomic mass is 14.5. The smallest absolute Gasteiger partial charge is 0.0726 e. The van der Waals surface area contributed by atoms with Crippen molar-refractivity contribution >= 4 is 5.57 Å². The van der Waals surface area contributed by atoms with Gasteiger partial charge in [0.2, 0.25) is 0 Å². The number of benzene rings is 4. The molecule has 0 saturated heterocycles. The number of fused-ring (bicyclic) bond motifs is 10. The van der Waals surface area contributed by atoms with Crippen LogP contribution in [0.5, 0.6) is 0 Å². The average Bonchev–Trinajstić information content (AvgIpc) is 3.24. The van der Waals surface area contributed by atoms with Gasteiger partial charge >= 0.3 is 0 Å². The molecule has 0 heterocycles. The van der Waals surface area contributed by atoms with Crippen molar-refractivity contribution < 1.29 is 0 Å². The van der Waals surface area contributed by atoms with Gasteiger partial charge in [0.05, 0.1) is 5.41 Å². The highest BCUT2D eigenvalue weighted by Gasteiger charge is 2.51. The zero-order chi connectivity index (χ0) is 22.2. The van der Waals surface area contributed by atoms with Crippen LogP contribution >= 0.6 is 0 Å². The maximum absolute atomic E-state index is 4.26. The molecule has 0 saturated carbocycles. The second-order valence-electron chi connectivity index (χ2n) is 9.62. The molecule has 4 aromatic rings. The molecule has 2 aliphatic rings. The Morgan fingerprint density at radius 2 is 1.12 bits per heavy atom. The van der Waals surface area contributed by atoms with E-state index in [-0.39, 0.29) is 5.41 Å². The van der Waals surface area contributed by atoms with Gasteiger partial charge in [-0.3, -0.25) is 0 Å². The Hall–Kier alpha value is -3.38. The first-order valence-electron chi connectivity index (χ1n) is 11.6. The summed E-state index contributed by atoms with van der Waals surface area (Å²) in [5, 5.41) is 0. The zero-order valence-corrected chi connectivity index (χ0v) is 19.3. The Kier molecular flexibility index (Phi) is 3.96. The van der Waals surface area contributed by atoms with E-state index in [1.54, 1.807) is 0 Å². The fourth-order valence-electron chi connectivity index (χ4n) is 5.99. The van der Waals surface area contributed by atoms with E-state index in [1.165, 1.54) is 66.8 Å². The summed E-state index contributed by atoms with van der Waals surface area (Å²) in [4.78, 5) is 0. The molecular weight excluding hydrogens is 384 g/mol. The quantitative estimate of drug-likeness (QED) is 0.269. The van der Waals surface area contributed by atoms with E-state index in [1.807, 2.05) is 0 Å². The van der Waals surface area contributed by atoms with Crippen LogP contribution in [-0.2, 0) is 11.8 Å². The Balaban J connectivity index is 1.85. The molecule has 0 fully saturated rings. The van der Waals surface area contributed by atoms with Gasteiger partial charge in [-0.1, -0.05) is 96.9 Å². The maximum atomic E-state index is 4.26. The lowest BCUT2D eigenvalue weighted by Crippen LogP contribution is -2.26. The van der Waals surface area contributed by atoms with Gasteiger partial charge in [-0.25, -0.2) is 0 Å². The molecular formula is C32H28. The number of aryl methyl sites for hydroxylation is 3. The third-order valence-electron chi connectivity index (χ3n) is 7.55. The molecule has 1 atom stereocenters. The van der Waals surface area contributed by atoms with E-state index in [0.29, 0.717) is 0 Å². The van der Waals surface area contributed by atoms with E-state index in [0.717, 1.165) is 12.0 Å². The topological polar surface area (TPSA) is 0 Å². The van der Waals surface area contributed by atoms with Crippen LogP contribution in [0.2, 0.25) is 0 Å². The van der Waals surface area contributed by atoms with Crippen LogP contribution in [0.1, 0.15) is 58.4 Å². The predicted octanol–water partition coefficient (Wildman–Crippen LogP) is 8.24. The van der Waals surface area contributed by atoms with Crippen LogP contribution < -0.4 is 0 Å². The van der Waals surface area contributed by atoms with E-state index in [9.17, 15) is 0 Å². The Morgan fingerprint density at radius 1 is 0.656 bits per heavy atom. The zero-order valence-electron chi connectivity index (χ0n) is 19.3. The summed E-state index contributed by atoms with van der Waals surface area (Å²) < 4.78 is 0. The van der Waals surface area contributed by atoms with Crippen molar-refractivity contribution in [3.05, 3.63) is 124 Å². The molecule has 0 N–H and O–H groups in total. The minimum Gasteiger partial charge on any atom is -0.0955 e. The van der Waals surface area contributed by atoms with Crippen LogP contribution in [0, 0.1) is 13.8 Å². The normalized spacial score (nSPS) is 17.1. The SMILES string of the molecule is C=C(C)c1ccc2c(c1)C1(c3cc(C)ccc3-c3ccc(CC)cc31)c1cc(C)ccc1-2. The predicted molar refractivity (Wildman–Crippen MR) is 136 cm³/mol. The first kappa shape index (κ1) is 19.3. The number of rotatable bonds is 2. The minimum absolute atomic E-state index is 0.274. The third kappa shape index (κ3) is 2.33. The van der Waals surface area contributed by atoms with Gasteiger partial charge in [0.15, 0.2) is 0 Å². The average molecular weight is 413 g/mol. The van der Waals surface area contributed by atoms with Gasteiger partial charge in [-0.2, -0.15) is 0 Å². The van der Waals surface area contributed by atoms with Gasteiger partial charge < -0.3 is 0 Å². The Morgan fingerprint density at radius 3 is 1.66 bits per heavy atom. The molecule has 2 aliphatic carbocycles. The van der Waals surface area contributed by atoms with Gasteiger partial charge in [-0.15, -0.1) is 0 Å². The number of hydrogen-bond donors (Lipinski definition) is 0. The van der Waals surface area contributed by atoms with E-state index in [4.69, 9.17) is 0 Å². The number of allylic oxidation sites excluding steroid dienone is 1. The highest BCUT2D eigenvalue weighted by molar-refractivity contribution is 5.95. The summed E-state index contributed by atoms with van der Waals surface area (Å²) >= 11 is 0. The molecule has 0 radical (unpaired) electrons. The molecule has 6 rings (SSSR count). The Bertz CT molecular complexity index is 1430. The van der Waals surface area contributed by atoms with E-state index < -0.39 is 0 Å². The van der Waals surface area contributed by atoms with Crippen molar-refractivity contribution in [2.45, 2.75) is 39.5 Å². The fourth-order valence-corrected chi connectivity index (χ4v) is 5.99. The molecule has 0 aromatic heterocycles. The van der Waals surface area contributed by atoms with Gasteiger partial charge in [0, 0.05) is 0 Å². The van der Waals surface area contributed by atoms with Crippen molar-refractivity contribution in [1.82, 2.24) is 0 Å². The van der Waals surface area contributed by atoms with E-state index in [2.05, 4.69) is 107 Å². The summed E-state index contributed by atoms with van der Waals surface area (Å²) in [6.45, 7) is 13.0. The molecule has 156 valence electrons. The van der Waals surface area contributed by atoms with Crippen molar-refractivity contribution in [3.8, 4) is 22.3 Å². The summed E-state index contributed by atoms with van der Waals surface area (Å²) in [7, 11) is 0. The molecule has 0 bridgehead atoms. The summed E-state index contributed by atoms with van der Waals surface area (Å²) in [5.74, 6) is 0. The van der Waals surface area contributed by atoms with Crippen LogP contribution in [0.15, 0.2) is 79.4 Å². The Labute approximate surface area is 191 Å². The first-order valence-corrected chi connectivity index (χ1v) is 11.6. The highest BCUT2D eigenvalue weighted by Crippen LogP contribution is 2.63. The minimum atomic E-state index is -0.274. The molecule has 0 heteroatoms. The monoisotopic (exact) mass is 412 g/mol. The second-order valence-corrected chi connectivity index (χ2v) is 9.62. The van der Waals surface area contributed by atoms with Gasteiger partial charge in [0.25, 0.3) is 0 Å². The first-order chi connectivity index (χ1) is 15.4. The lowest BCUT2D eigenvalue weighted by molar-refractivity contribution is 0.789. The molecule has 32 heavy (non-hydrogen) atoms. The standard InChI is InChI=1S/C32H28/c1-6-22-9-13-26-24-11-7-20(4)15-28(24)32(30(26)17-22)29-16-21(5)8-12-25(29)27-14-10-23(19(2)3)18-31(27)32/h7-18H,2,6H2,1,3-5H3.